The topological polar surface area (TPSA) is 70.5 Å². The highest BCUT2D eigenvalue weighted by Crippen LogP contribution is 2.07. The molecule has 0 saturated heterocycles. The second kappa shape index (κ2) is 4.88. The summed E-state index contributed by atoms with van der Waals surface area (Å²) in [6.07, 6.45) is 0. The van der Waals surface area contributed by atoms with Gasteiger partial charge in [-0.3, -0.25) is 9.59 Å². The molecule has 82 valence electrons. The maximum absolute atomic E-state index is 11.5. The first kappa shape index (κ1) is 11.6. The van der Waals surface area contributed by atoms with Crippen LogP contribution in [0.3, 0.4) is 0 Å². The number of thiazole rings is 1. The lowest BCUT2D eigenvalue weighted by Crippen LogP contribution is -2.35. The Morgan fingerprint density at radius 3 is 2.80 bits per heavy atom. The third-order valence-electron chi connectivity index (χ3n) is 2.00. The Morgan fingerprint density at radius 1 is 1.67 bits per heavy atom. The number of carboxylic acids is 1. The summed E-state index contributed by atoms with van der Waals surface area (Å²) in [5.74, 6) is -2.52. The van der Waals surface area contributed by atoms with E-state index in [1.807, 2.05) is 5.38 Å². The molecule has 0 spiro atoms. The quantitative estimate of drug-likeness (QED) is 0.775. The van der Waals surface area contributed by atoms with E-state index >= 15 is 0 Å². The van der Waals surface area contributed by atoms with Crippen LogP contribution in [0.1, 0.15) is 12.6 Å². The van der Waals surface area contributed by atoms with Gasteiger partial charge in [0.15, 0.2) is 0 Å². The molecule has 0 fully saturated rings. The third kappa shape index (κ3) is 3.02. The smallest absolute Gasteiger partial charge is 0.315 e. The molecule has 1 atom stereocenters. The lowest BCUT2D eigenvalue weighted by atomic mass is 10.1. The highest BCUT2D eigenvalue weighted by atomic mass is 32.1. The van der Waals surface area contributed by atoms with Crippen LogP contribution in [-0.2, 0) is 16.1 Å². The largest absolute Gasteiger partial charge is 0.481 e. The first-order valence-corrected chi connectivity index (χ1v) is 5.31. The Bertz CT molecular complexity index is 350. The van der Waals surface area contributed by atoms with Gasteiger partial charge in [-0.1, -0.05) is 0 Å². The number of rotatable bonds is 4. The average Bonchev–Trinajstić information content (AvgIpc) is 2.67. The number of carbonyl (C=O) groups excluding carboxylic acids is 1. The van der Waals surface area contributed by atoms with Gasteiger partial charge < -0.3 is 10.0 Å². The highest BCUT2D eigenvalue weighted by Gasteiger charge is 2.24. The molecule has 1 amide bonds. The highest BCUT2D eigenvalue weighted by molar-refractivity contribution is 7.07. The van der Waals surface area contributed by atoms with Crippen molar-refractivity contribution in [2.75, 3.05) is 7.05 Å². The molecule has 1 heterocycles. The van der Waals surface area contributed by atoms with Gasteiger partial charge in [-0.25, -0.2) is 4.98 Å². The SMILES string of the molecule is CC(C(=O)O)C(=O)N(C)Cc1cscn1. The zero-order valence-electron chi connectivity index (χ0n) is 8.51. The molecule has 0 radical (unpaired) electrons. The lowest BCUT2D eigenvalue weighted by Gasteiger charge is -2.18. The molecule has 1 aromatic heterocycles. The summed E-state index contributed by atoms with van der Waals surface area (Å²) in [4.78, 5) is 27.5. The van der Waals surface area contributed by atoms with Crippen LogP contribution >= 0.6 is 11.3 Å². The standard InChI is InChI=1S/C9H12N2O3S/c1-6(9(13)14)8(12)11(2)3-7-4-15-5-10-7/h4-6H,3H2,1-2H3,(H,13,14). The fraction of sp³-hybridized carbons (Fsp3) is 0.444. The van der Waals surface area contributed by atoms with E-state index in [1.54, 1.807) is 12.6 Å². The minimum atomic E-state index is -1.11. The Morgan fingerprint density at radius 2 is 2.33 bits per heavy atom. The van der Waals surface area contributed by atoms with Gasteiger partial charge in [0.1, 0.15) is 5.92 Å². The van der Waals surface area contributed by atoms with E-state index in [4.69, 9.17) is 5.11 Å². The van der Waals surface area contributed by atoms with E-state index in [2.05, 4.69) is 4.98 Å². The molecule has 5 nitrogen and oxygen atoms in total. The number of nitrogens with zero attached hydrogens (tertiary/aromatic N) is 2. The molecule has 0 aromatic carbocycles. The van der Waals surface area contributed by atoms with Gasteiger partial charge in [0.2, 0.25) is 5.91 Å². The first-order chi connectivity index (χ1) is 7.02. The Labute approximate surface area is 91.4 Å². The minimum Gasteiger partial charge on any atom is -0.481 e. The van der Waals surface area contributed by atoms with Gasteiger partial charge in [0.05, 0.1) is 17.7 Å². The van der Waals surface area contributed by atoms with Crippen LogP contribution in [0, 0.1) is 5.92 Å². The number of carbonyl (C=O) groups is 2. The van der Waals surface area contributed by atoms with Crippen molar-refractivity contribution in [3.8, 4) is 0 Å². The molecule has 1 N–H and O–H groups in total. The molecule has 0 bridgehead atoms. The van der Waals surface area contributed by atoms with Crippen LogP contribution in [0.25, 0.3) is 0 Å². The van der Waals surface area contributed by atoms with Crippen molar-refractivity contribution in [3.05, 3.63) is 16.6 Å². The summed E-state index contributed by atoms with van der Waals surface area (Å²) in [7, 11) is 1.57. The van der Waals surface area contributed by atoms with E-state index in [0.717, 1.165) is 5.69 Å². The first-order valence-electron chi connectivity index (χ1n) is 4.37. The number of aliphatic carboxylic acids is 1. The zero-order valence-corrected chi connectivity index (χ0v) is 9.32. The Kier molecular flexibility index (Phi) is 3.79. The maximum atomic E-state index is 11.5. The Hall–Kier alpha value is -1.43. The number of hydrogen-bond donors (Lipinski definition) is 1. The zero-order chi connectivity index (χ0) is 11.4. The molecule has 0 aliphatic rings. The Balaban J connectivity index is 2.57. The van der Waals surface area contributed by atoms with Crippen molar-refractivity contribution in [1.29, 1.82) is 0 Å². The predicted octanol–water partition coefficient (Wildman–Crippen LogP) is 0.822. The molecule has 0 saturated carbocycles. The van der Waals surface area contributed by atoms with E-state index < -0.39 is 17.8 Å². The fourth-order valence-corrected chi connectivity index (χ4v) is 1.62. The summed E-state index contributed by atoms with van der Waals surface area (Å²) in [5.41, 5.74) is 2.45. The van der Waals surface area contributed by atoms with E-state index in [9.17, 15) is 9.59 Å². The van der Waals surface area contributed by atoms with Gasteiger partial charge in [-0.2, -0.15) is 0 Å². The third-order valence-corrected chi connectivity index (χ3v) is 2.63. The molecule has 1 aromatic rings. The number of hydrogen-bond acceptors (Lipinski definition) is 4. The summed E-state index contributed by atoms with van der Waals surface area (Å²) >= 11 is 1.44. The van der Waals surface area contributed by atoms with Crippen LogP contribution < -0.4 is 0 Å². The van der Waals surface area contributed by atoms with Gasteiger partial charge in [-0.05, 0) is 6.92 Å². The van der Waals surface area contributed by atoms with E-state index in [0.29, 0.717) is 6.54 Å². The van der Waals surface area contributed by atoms with Crippen LogP contribution in [-0.4, -0.2) is 33.9 Å². The van der Waals surface area contributed by atoms with Gasteiger partial charge in [0, 0.05) is 12.4 Å². The molecular formula is C9H12N2O3S. The summed E-state index contributed by atoms with van der Waals surface area (Å²) in [6.45, 7) is 1.72. The van der Waals surface area contributed by atoms with Gasteiger partial charge in [-0.15, -0.1) is 11.3 Å². The molecule has 1 rings (SSSR count). The maximum Gasteiger partial charge on any atom is 0.315 e. The molecule has 0 aliphatic carbocycles. The average molecular weight is 228 g/mol. The van der Waals surface area contributed by atoms with Crippen LogP contribution in [0.5, 0.6) is 0 Å². The second-order valence-corrected chi connectivity index (χ2v) is 3.95. The van der Waals surface area contributed by atoms with E-state index in [-0.39, 0.29) is 0 Å². The molecular weight excluding hydrogens is 216 g/mol. The molecule has 0 aliphatic heterocycles. The van der Waals surface area contributed by atoms with Crippen molar-refractivity contribution < 1.29 is 14.7 Å². The second-order valence-electron chi connectivity index (χ2n) is 3.23. The van der Waals surface area contributed by atoms with Crippen molar-refractivity contribution in [3.63, 3.8) is 0 Å². The van der Waals surface area contributed by atoms with Crippen molar-refractivity contribution in [1.82, 2.24) is 9.88 Å². The summed E-state index contributed by atoms with van der Waals surface area (Å²) in [5, 5.41) is 10.5. The molecule has 6 heteroatoms. The molecule has 15 heavy (non-hydrogen) atoms. The lowest BCUT2D eigenvalue weighted by molar-refractivity contribution is -0.149. The van der Waals surface area contributed by atoms with Crippen LogP contribution in [0.2, 0.25) is 0 Å². The molecule has 1 unspecified atom stereocenters. The van der Waals surface area contributed by atoms with Gasteiger partial charge >= 0.3 is 5.97 Å². The monoisotopic (exact) mass is 228 g/mol. The van der Waals surface area contributed by atoms with Crippen molar-refractivity contribution in [2.24, 2.45) is 5.92 Å². The predicted molar refractivity (Wildman–Crippen MR) is 55.4 cm³/mol. The van der Waals surface area contributed by atoms with Crippen molar-refractivity contribution in [2.45, 2.75) is 13.5 Å². The normalized spacial score (nSPS) is 12.1. The van der Waals surface area contributed by atoms with E-state index in [1.165, 1.54) is 23.2 Å². The summed E-state index contributed by atoms with van der Waals surface area (Å²) < 4.78 is 0. The van der Waals surface area contributed by atoms with Crippen LogP contribution in [0.15, 0.2) is 10.9 Å². The van der Waals surface area contributed by atoms with Gasteiger partial charge in [0.25, 0.3) is 0 Å². The minimum absolute atomic E-state index is 0.347. The fourth-order valence-electron chi connectivity index (χ4n) is 1.07. The number of carboxylic acid groups (broad SMARTS) is 1. The van der Waals surface area contributed by atoms with Crippen LogP contribution in [0.4, 0.5) is 0 Å². The number of amides is 1. The van der Waals surface area contributed by atoms with Crippen molar-refractivity contribution >= 4 is 23.2 Å². The summed E-state index contributed by atoms with van der Waals surface area (Å²) in [6, 6.07) is 0. The number of aromatic nitrogens is 1.